The fourth-order valence-corrected chi connectivity index (χ4v) is 2.65. The van der Waals surface area contributed by atoms with Crippen LogP contribution in [0.25, 0.3) is 5.69 Å². The molecule has 0 unspecified atom stereocenters. The van der Waals surface area contributed by atoms with Crippen LogP contribution in [0.3, 0.4) is 0 Å². The molecule has 3 aromatic rings. The van der Waals surface area contributed by atoms with Crippen molar-refractivity contribution < 1.29 is 0 Å². The molecule has 2 aromatic heterocycles. The molecule has 19 heavy (non-hydrogen) atoms. The Balaban J connectivity index is 1.91. The van der Waals surface area contributed by atoms with Crippen LogP contribution in [-0.2, 0) is 6.54 Å². The summed E-state index contributed by atoms with van der Waals surface area (Å²) in [5.74, 6) is 0. The number of rotatable bonds is 4. The molecule has 6 heteroatoms. The van der Waals surface area contributed by atoms with Crippen LogP contribution in [0, 0.1) is 0 Å². The van der Waals surface area contributed by atoms with Gasteiger partial charge in [0.05, 0.1) is 29.3 Å². The van der Waals surface area contributed by atoms with Crippen molar-refractivity contribution in [3.63, 3.8) is 0 Å². The first-order chi connectivity index (χ1) is 9.34. The summed E-state index contributed by atoms with van der Waals surface area (Å²) < 4.78 is 1.90. The monoisotopic (exact) mass is 290 g/mol. The van der Waals surface area contributed by atoms with Gasteiger partial charge in [0.15, 0.2) is 0 Å². The Morgan fingerprint density at radius 2 is 2.26 bits per heavy atom. The molecule has 4 nitrogen and oxygen atoms in total. The number of nitrogens with zero attached hydrogens (tertiary/aromatic N) is 3. The first-order valence-corrected chi connectivity index (χ1v) is 6.99. The van der Waals surface area contributed by atoms with Crippen LogP contribution in [-0.4, -0.2) is 14.5 Å². The predicted octanol–water partition coefficient (Wildman–Crippen LogP) is 3.59. The van der Waals surface area contributed by atoms with Gasteiger partial charge in [-0.2, -0.15) is 0 Å². The lowest BCUT2D eigenvalue weighted by molar-refractivity contribution is 1.04. The lowest BCUT2D eigenvalue weighted by atomic mass is 10.2. The van der Waals surface area contributed by atoms with E-state index in [1.807, 2.05) is 34.3 Å². The van der Waals surface area contributed by atoms with E-state index >= 15 is 0 Å². The number of nitrogens with one attached hydrogen (secondary N) is 1. The number of halogens is 1. The number of anilines is 1. The molecule has 0 fully saturated rings. The van der Waals surface area contributed by atoms with Gasteiger partial charge in [0, 0.05) is 24.0 Å². The lowest BCUT2D eigenvalue weighted by Gasteiger charge is -2.13. The SMILES string of the molecule is Clc1cccc(NCc2nccs2)c1-n1ccnc1. The molecule has 0 atom stereocenters. The van der Waals surface area contributed by atoms with Gasteiger partial charge in [-0.1, -0.05) is 17.7 Å². The number of hydrogen-bond acceptors (Lipinski definition) is 4. The predicted molar refractivity (Wildman–Crippen MR) is 78.0 cm³/mol. The van der Waals surface area contributed by atoms with Crippen molar-refractivity contribution >= 4 is 28.6 Å². The molecule has 0 bridgehead atoms. The summed E-state index contributed by atoms with van der Waals surface area (Å²) in [6, 6.07) is 5.78. The average molecular weight is 291 g/mol. The van der Waals surface area contributed by atoms with Crippen molar-refractivity contribution in [3.05, 3.63) is 58.5 Å². The number of imidazole rings is 1. The normalized spacial score (nSPS) is 10.6. The Kier molecular flexibility index (Phi) is 3.48. The van der Waals surface area contributed by atoms with Gasteiger partial charge in [-0.15, -0.1) is 11.3 Å². The smallest absolute Gasteiger partial charge is 0.112 e. The minimum atomic E-state index is 0.680. The zero-order valence-electron chi connectivity index (χ0n) is 9.95. The third kappa shape index (κ3) is 2.62. The Labute approximate surface area is 119 Å². The molecule has 96 valence electrons. The van der Waals surface area contributed by atoms with Gasteiger partial charge in [-0.25, -0.2) is 9.97 Å². The van der Waals surface area contributed by atoms with Gasteiger partial charge < -0.3 is 9.88 Å². The maximum atomic E-state index is 6.28. The molecular formula is C13H11ClN4S. The van der Waals surface area contributed by atoms with Crippen LogP contribution in [0.2, 0.25) is 5.02 Å². The Morgan fingerprint density at radius 3 is 3.00 bits per heavy atom. The van der Waals surface area contributed by atoms with Crippen LogP contribution >= 0.6 is 22.9 Å². The highest BCUT2D eigenvalue weighted by Gasteiger charge is 2.09. The molecule has 0 radical (unpaired) electrons. The Morgan fingerprint density at radius 1 is 1.32 bits per heavy atom. The molecule has 1 aromatic carbocycles. The van der Waals surface area contributed by atoms with Gasteiger partial charge in [-0.3, -0.25) is 0 Å². The van der Waals surface area contributed by atoms with Crippen molar-refractivity contribution in [2.45, 2.75) is 6.54 Å². The molecule has 0 saturated heterocycles. The summed E-state index contributed by atoms with van der Waals surface area (Å²) in [7, 11) is 0. The maximum absolute atomic E-state index is 6.28. The molecule has 0 spiro atoms. The van der Waals surface area contributed by atoms with E-state index in [9.17, 15) is 0 Å². The summed E-state index contributed by atoms with van der Waals surface area (Å²) >= 11 is 7.90. The minimum absolute atomic E-state index is 0.680. The number of thiazole rings is 1. The molecule has 0 amide bonds. The number of para-hydroxylation sites is 1. The van der Waals surface area contributed by atoms with Crippen LogP contribution in [0.4, 0.5) is 5.69 Å². The second-order valence-corrected chi connectivity index (χ2v) is 5.27. The van der Waals surface area contributed by atoms with Crippen molar-refractivity contribution in [1.29, 1.82) is 0 Å². The summed E-state index contributed by atoms with van der Waals surface area (Å²) in [6.45, 7) is 0.680. The van der Waals surface area contributed by atoms with Gasteiger partial charge in [0.1, 0.15) is 5.01 Å². The van der Waals surface area contributed by atoms with E-state index in [1.165, 1.54) is 0 Å². The Hall–Kier alpha value is -1.85. The first-order valence-electron chi connectivity index (χ1n) is 5.73. The highest BCUT2D eigenvalue weighted by atomic mass is 35.5. The second kappa shape index (κ2) is 5.42. The van der Waals surface area contributed by atoms with E-state index in [0.29, 0.717) is 11.6 Å². The molecule has 0 aliphatic carbocycles. The molecular weight excluding hydrogens is 280 g/mol. The average Bonchev–Trinajstić information content (AvgIpc) is 3.09. The largest absolute Gasteiger partial charge is 0.377 e. The van der Waals surface area contributed by atoms with Crippen molar-refractivity contribution in [2.75, 3.05) is 5.32 Å². The van der Waals surface area contributed by atoms with Crippen LogP contribution in [0.1, 0.15) is 5.01 Å². The summed E-state index contributed by atoms with van der Waals surface area (Å²) in [5, 5.41) is 7.04. The first kappa shape index (κ1) is 12.2. The van der Waals surface area contributed by atoms with Crippen molar-refractivity contribution in [2.24, 2.45) is 0 Å². The third-order valence-corrected chi connectivity index (χ3v) is 3.75. The van der Waals surface area contributed by atoms with E-state index in [-0.39, 0.29) is 0 Å². The zero-order chi connectivity index (χ0) is 13.1. The highest BCUT2D eigenvalue weighted by molar-refractivity contribution is 7.09. The number of aromatic nitrogens is 3. The molecule has 3 rings (SSSR count). The van der Waals surface area contributed by atoms with Crippen LogP contribution in [0.15, 0.2) is 48.5 Å². The zero-order valence-corrected chi connectivity index (χ0v) is 11.5. The van der Waals surface area contributed by atoms with E-state index < -0.39 is 0 Å². The fourth-order valence-electron chi connectivity index (χ4n) is 1.82. The topological polar surface area (TPSA) is 42.7 Å². The van der Waals surface area contributed by atoms with E-state index in [4.69, 9.17) is 11.6 Å². The van der Waals surface area contributed by atoms with Gasteiger partial charge in [-0.05, 0) is 12.1 Å². The van der Waals surface area contributed by atoms with Crippen molar-refractivity contribution in [1.82, 2.24) is 14.5 Å². The molecule has 0 aliphatic rings. The third-order valence-electron chi connectivity index (χ3n) is 2.66. The number of benzene rings is 1. The summed E-state index contributed by atoms with van der Waals surface area (Å²) in [5.41, 5.74) is 1.86. The maximum Gasteiger partial charge on any atom is 0.112 e. The molecule has 0 saturated carbocycles. The molecule has 0 aliphatic heterocycles. The van der Waals surface area contributed by atoms with E-state index in [1.54, 1.807) is 30.1 Å². The standard InChI is InChI=1S/C13H11ClN4S/c14-10-2-1-3-11(13(10)18-6-4-15-9-18)17-8-12-16-5-7-19-12/h1-7,9,17H,8H2. The lowest BCUT2D eigenvalue weighted by Crippen LogP contribution is -2.04. The number of hydrogen-bond donors (Lipinski definition) is 1. The Bertz CT molecular complexity index is 649. The molecule has 1 N–H and O–H groups in total. The van der Waals surface area contributed by atoms with Gasteiger partial charge >= 0.3 is 0 Å². The second-order valence-electron chi connectivity index (χ2n) is 3.89. The van der Waals surface area contributed by atoms with Gasteiger partial charge in [0.2, 0.25) is 0 Å². The fraction of sp³-hybridized carbons (Fsp3) is 0.0769. The van der Waals surface area contributed by atoms with Crippen LogP contribution < -0.4 is 5.32 Å². The van der Waals surface area contributed by atoms with E-state index in [0.717, 1.165) is 16.4 Å². The highest BCUT2D eigenvalue weighted by Crippen LogP contribution is 2.28. The van der Waals surface area contributed by atoms with E-state index in [2.05, 4.69) is 15.3 Å². The summed E-state index contributed by atoms with van der Waals surface area (Å²) in [6.07, 6.45) is 7.13. The quantitative estimate of drug-likeness (QED) is 0.798. The summed E-state index contributed by atoms with van der Waals surface area (Å²) in [4.78, 5) is 8.31. The molecule has 2 heterocycles. The van der Waals surface area contributed by atoms with Crippen molar-refractivity contribution in [3.8, 4) is 5.69 Å². The van der Waals surface area contributed by atoms with Crippen LogP contribution in [0.5, 0.6) is 0 Å². The minimum Gasteiger partial charge on any atom is -0.377 e. The van der Waals surface area contributed by atoms with Gasteiger partial charge in [0.25, 0.3) is 0 Å².